The Balaban J connectivity index is 1.47. The molecule has 24 heavy (non-hydrogen) atoms. The van der Waals surface area contributed by atoms with Crippen molar-refractivity contribution in [3.63, 3.8) is 0 Å². The predicted octanol–water partition coefficient (Wildman–Crippen LogP) is 2.49. The van der Waals surface area contributed by atoms with Crippen LogP contribution in [0.3, 0.4) is 0 Å². The summed E-state index contributed by atoms with van der Waals surface area (Å²) in [4.78, 5) is 20.2. The van der Waals surface area contributed by atoms with E-state index in [4.69, 9.17) is 11.6 Å². The molecule has 1 aromatic carbocycles. The molecule has 0 unspecified atom stereocenters. The Morgan fingerprint density at radius 3 is 2.58 bits per heavy atom. The van der Waals surface area contributed by atoms with Crippen LogP contribution in [0.2, 0.25) is 5.02 Å². The van der Waals surface area contributed by atoms with Gasteiger partial charge in [-0.2, -0.15) is 0 Å². The van der Waals surface area contributed by atoms with Crippen LogP contribution in [0.25, 0.3) is 10.9 Å². The van der Waals surface area contributed by atoms with Crippen molar-refractivity contribution in [2.75, 3.05) is 26.2 Å². The molecular formula is C18H22ClN3O2. The van der Waals surface area contributed by atoms with Gasteiger partial charge in [-0.3, -0.25) is 9.69 Å². The van der Waals surface area contributed by atoms with E-state index in [1.54, 1.807) is 0 Å². The summed E-state index contributed by atoms with van der Waals surface area (Å²) in [7, 11) is 0. The van der Waals surface area contributed by atoms with Gasteiger partial charge in [-0.15, -0.1) is 0 Å². The number of carbonyl (C=O) groups is 1. The van der Waals surface area contributed by atoms with Gasteiger partial charge >= 0.3 is 0 Å². The number of halogens is 1. The Morgan fingerprint density at radius 1 is 1.17 bits per heavy atom. The van der Waals surface area contributed by atoms with Crippen LogP contribution >= 0.6 is 11.6 Å². The average Bonchev–Trinajstić information content (AvgIpc) is 3.18. The summed E-state index contributed by atoms with van der Waals surface area (Å²) in [5, 5.41) is 11.5. The number of piperazine rings is 1. The van der Waals surface area contributed by atoms with Crippen LogP contribution in [0.1, 0.15) is 29.8 Å². The topological polar surface area (TPSA) is 59.6 Å². The smallest absolute Gasteiger partial charge is 0.271 e. The Labute approximate surface area is 146 Å². The lowest BCUT2D eigenvalue weighted by Gasteiger charge is -2.39. The highest BCUT2D eigenvalue weighted by Gasteiger charge is 2.34. The van der Waals surface area contributed by atoms with Crippen LogP contribution in [0.15, 0.2) is 24.3 Å². The molecule has 2 N–H and O–H groups in total. The fourth-order valence-corrected chi connectivity index (χ4v) is 4.31. The summed E-state index contributed by atoms with van der Waals surface area (Å²) in [6, 6.07) is 7.96. The average molecular weight is 348 g/mol. The van der Waals surface area contributed by atoms with Gasteiger partial charge in [0.15, 0.2) is 0 Å². The highest BCUT2D eigenvalue weighted by atomic mass is 35.5. The Hall–Kier alpha value is -1.56. The summed E-state index contributed by atoms with van der Waals surface area (Å²) in [6.07, 6.45) is 2.84. The number of amides is 1. The lowest BCUT2D eigenvalue weighted by molar-refractivity contribution is 0.0313. The van der Waals surface area contributed by atoms with Crippen molar-refractivity contribution in [1.29, 1.82) is 0 Å². The molecule has 2 aliphatic rings. The number of aromatic amines is 1. The number of benzene rings is 1. The van der Waals surface area contributed by atoms with E-state index in [1.807, 2.05) is 29.2 Å². The quantitative estimate of drug-likeness (QED) is 0.877. The summed E-state index contributed by atoms with van der Waals surface area (Å²) >= 11 is 6.40. The minimum atomic E-state index is -0.213. The predicted molar refractivity (Wildman–Crippen MR) is 94.4 cm³/mol. The number of aliphatic hydroxyl groups excluding tert-OH is 1. The minimum absolute atomic E-state index is 0.0391. The fourth-order valence-electron chi connectivity index (χ4n) is 4.02. The fraction of sp³-hybridized carbons (Fsp3) is 0.500. The highest BCUT2D eigenvalue weighted by molar-refractivity contribution is 6.38. The maximum absolute atomic E-state index is 12.8. The number of H-pyrrole nitrogens is 1. The van der Waals surface area contributed by atoms with Crippen LogP contribution in [-0.4, -0.2) is 64.1 Å². The molecule has 0 radical (unpaired) electrons. The van der Waals surface area contributed by atoms with Gasteiger partial charge in [-0.1, -0.05) is 29.8 Å². The third-order valence-electron chi connectivity index (χ3n) is 5.37. The van der Waals surface area contributed by atoms with Crippen LogP contribution in [0.4, 0.5) is 0 Å². The Morgan fingerprint density at radius 2 is 1.92 bits per heavy atom. The van der Waals surface area contributed by atoms with Crippen molar-refractivity contribution >= 4 is 28.4 Å². The highest BCUT2D eigenvalue weighted by Crippen LogP contribution is 2.29. The second kappa shape index (κ2) is 6.39. The molecule has 1 saturated carbocycles. The van der Waals surface area contributed by atoms with Crippen LogP contribution in [-0.2, 0) is 0 Å². The first-order valence-corrected chi connectivity index (χ1v) is 9.00. The maximum Gasteiger partial charge on any atom is 0.271 e. The molecule has 4 rings (SSSR count). The van der Waals surface area contributed by atoms with E-state index in [2.05, 4.69) is 9.88 Å². The molecule has 0 bridgehead atoms. The van der Waals surface area contributed by atoms with Gasteiger partial charge < -0.3 is 15.0 Å². The summed E-state index contributed by atoms with van der Waals surface area (Å²) < 4.78 is 0. The third kappa shape index (κ3) is 2.70. The first-order valence-electron chi connectivity index (χ1n) is 8.63. The van der Waals surface area contributed by atoms with Crippen molar-refractivity contribution in [2.45, 2.75) is 31.4 Å². The first-order chi connectivity index (χ1) is 11.6. The van der Waals surface area contributed by atoms with E-state index in [0.29, 0.717) is 23.8 Å². The molecular weight excluding hydrogens is 326 g/mol. The number of carbonyl (C=O) groups excluding carboxylic acids is 1. The number of hydrogen-bond acceptors (Lipinski definition) is 3. The zero-order chi connectivity index (χ0) is 16.7. The molecule has 0 spiro atoms. The summed E-state index contributed by atoms with van der Waals surface area (Å²) in [5.41, 5.74) is 1.37. The van der Waals surface area contributed by atoms with E-state index >= 15 is 0 Å². The number of fused-ring (bicyclic) bond motifs is 1. The SMILES string of the molecule is O=C(c1[nH]c2ccccc2c1Cl)N1CCN([C@@H]2CCC[C@@H]2O)CC1. The number of aliphatic hydroxyl groups is 1. The number of nitrogens with zero attached hydrogens (tertiary/aromatic N) is 2. The molecule has 2 heterocycles. The maximum atomic E-state index is 12.8. The van der Waals surface area contributed by atoms with Crippen molar-refractivity contribution < 1.29 is 9.90 Å². The second-order valence-corrected chi connectivity index (χ2v) is 7.13. The van der Waals surface area contributed by atoms with Gasteiger partial charge in [0.05, 0.1) is 11.1 Å². The van der Waals surface area contributed by atoms with Gasteiger partial charge in [-0.05, 0) is 25.3 Å². The van der Waals surface area contributed by atoms with Crippen molar-refractivity contribution in [3.8, 4) is 0 Å². The summed E-state index contributed by atoms with van der Waals surface area (Å²) in [6.45, 7) is 2.97. The molecule has 2 fully saturated rings. The Bertz CT molecular complexity index is 752. The minimum Gasteiger partial charge on any atom is -0.391 e. The largest absolute Gasteiger partial charge is 0.391 e. The number of hydrogen-bond donors (Lipinski definition) is 2. The molecule has 5 nitrogen and oxygen atoms in total. The third-order valence-corrected chi connectivity index (χ3v) is 5.76. The van der Waals surface area contributed by atoms with Gasteiger partial charge in [0.1, 0.15) is 5.69 Å². The molecule has 2 atom stereocenters. The molecule has 1 saturated heterocycles. The van der Waals surface area contributed by atoms with E-state index in [0.717, 1.165) is 43.3 Å². The molecule has 1 aliphatic heterocycles. The number of nitrogens with one attached hydrogen (secondary N) is 1. The van der Waals surface area contributed by atoms with Gasteiger partial charge in [0, 0.05) is 43.1 Å². The van der Waals surface area contributed by atoms with Gasteiger partial charge in [0.2, 0.25) is 0 Å². The molecule has 1 aromatic heterocycles. The van der Waals surface area contributed by atoms with E-state index in [9.17, 15) is 9.90 Å². The van der Waals surface area contributed by atoms with E-state index in [-0.39, 0.29) is 18.1 Å². The Kier molecular flexibility index (Phi) is 4.24. The monoisotopic (exact) mass is 347 g/mol. The van der Waals surface area contributed by atoms with Gasteiger partial charge in [-0.25, -0.2) is 0 Å². The molecule has 1 amide bonds. The van der Waals surface area contributed by atoms with Crippen molar-refractivity contribution in [3.05, 3.63) is 35.0 Å². The number of para-hydroxylation sites is 1. The molecule has 6 heteroatoms. The molecule has 2 aromatic rings. The number of rotatable bonds is 2. The standard InChI is InChI=1S/C18H22ClN3O2/c19-16-12-4-1-2-5-13(12)20-17(16)18(24)22-10-8-21(9-11-22)14-6-3-7-15(14)23/h1-2,4-5,14-15,20,23H,3,6-11H2/t14-,15+/m1/s1. The molecule has 1 aliphatic carbocycles. The van der Waals surface area contributed by atoms with Crippen LogP contribution in [0, 0.1) is 0 Å². The van der Waals surface area contributed by atoms with E-state index in [1.165, 1.54) is 0 Å². The van der Waals surface area contributed by atoms with Crippen molar-refractivity contribution in [2.24, 2.45) is 0 Å². The van der Waals surface area contributed by atoms with E-state index < -0.39 is 0 Å². The number of aromatic nitrogens is 1. The second-order valence-electron chi connectivity index (χ2n) is 6.75. The zero-order valence-corrected chi connectivity index (χ0v) is 14.3. The summed E-state index contributed by atoms with van der Waals surface area (Å²) in [5.74, 6) is -0.0391. The van der Waals surface area contributed by atoms with Gasteiger partial charge in [0.25, 0.3) is 5.91 Å². The van der Waals surface area contributed by atoms with Crippen LogP contribution < -0.4 is 0 Å². The normalized spacial score (nSPS) is 25.5. The lowest BCUT2D eigenvalue weighted by atomic mass is 10.1. The van der Waals surface area contributed by atoms with Crippen molar-refractivity contribution in [1.82, 2.24) is 14.8 Å². The first kappa shape index (κ1) is 15.9. The van der Waals surface area contributed by atoms with Crippen LogP contribution in [0.5, 0.6) is 0 Å². The lowest BCUT2D eigenvalue weighted by Crippen LogP contribution is -2.53. The zero-order valence-electron chi connectivity index (χ0n) is 13.5. The molecule has 128 valence electrons.